The molecule has 2 aromatic carbocycles. The lowest BCUT2D eigenvalue weighted by Gasteiger charge is -2.29. The van der Waals surface area contributed by atoms with Crippen LogP contribution in [0.4, 0.5) is 5.69 Å². The third kappa shape index (κ3) is 3.91. The summed E-state index contributed by atoms with van der Waals surface area (Å²) >= 11 is 0. The van der Waals surface area contributed by atoms with Crippen molar-refractivity contribution >= 4 is 29.4 Å². The number of likely N-dealkylation sites (tertiary alicyclic amines) is 1. The van der Waals surface area contributed by atoms with Gasteiger partial charge in [0.15, 0.2) is 11.5 Å². The summed E-state index contributed by atoms with van der Waals surface area (Å²) in [6.45, 7) is 1.87. The Morgan fingerprint density at radius 2 is 1.88 bits per heavy atom. The number of fused-ring (bicyclic) bond motifs is 1. The molecule has 0 bridgehead atoms. The lowest BCUT2D eigenvalue weighted by Crippen LogP contribution is -2.44. The van der Waals surface area contributed by atoms with Crippen molar-refractivity contribution in [1.82, 2.24) is 4.90 Å². The molecular weight excluding hydrogens is 444 g/mol. The third-order valence-corrected chi connectivity index (χ3v) is 5.76. The lowest BCUT2D eigenvalue weighted by atomic mass is 10.0. The average Bonchev–Trinajstić information content (AvgIpc) is 3.38. The molecule has 0 unspecified atom stereocenters. The molecular formula is C24H24N2O8. The van der Waals surface area contributed by atoms with Gasteiger partial charge >= 0.3 is 11.9 Å². The number of carbonyl (C=O) groups is 4. The topological polar surface area (TPSA) is 120 Å². The van der Waals surface area contributed by atoms with Crippen LogP contribution in [0.25, 0.3) is 0 Å². The molecule has 0 aromatic heterocycles. The number of amides is 2. The van der Waals surface area contributed by atoms with Crippen molar-refractivity contribution in [1.29, 1.82) is 0 Å². The number of para-hydroxylation sites is 1. The van der Waals surface area contributed by atoms with Gasteiger partial charge in [0.25, 0.3) is 0 Å². The normalized spacial score (nSPS) is 18.9. The second-order valence-corrected chi connectivity index (χ2v) is 7.63. The SMILES string of the molecule is CCOC(=O)c1ccccc1NC(=O)[C@@H]1CCC(=O)N1[C@@H]1OC(=O)c2c1ccc(OC)c2OC. The van der Waals surface area contributed by atoms with Crippen molar-refractivity contribution in [2.45, 2.75) is 32.0 Å². The smallest absolute Gasteiger partial charge is 0.344 e. The number of nitrogens with one attached hydrogen (secondary N) is 1. The predicted octanol–water partition coefficient (Wildman–Crippen LogP) is 2.68. The molecule has 0 radical (unpaired) electrons. The molecule has 0 aliphatic carbocycles. The Morgan fingerprint density at radius 1 is 1.12 bits per heavy atom. The molecule has 2 heterocycles. The Labute approximate surface area is 195 Å². The first kappa shape index (κ1) is 23.1. The van der Waals surface area contributed by atoms with Crippen molar-refractivity contribution in [2.75, 3.05) is 26.1 Å². The van der Waals surface area contributed by atoms with Crippen molar-refractivity contribution in [3.63, 3.8) is 0 Å². The fourth-order valence-corrected chi connectivity index (χ4v) is 4.24. The minimum atomic E-state index is -1.09. The molecule has 0 spiro atoms. The van der Waals surface area contributed by atoms with E-state index in [-0.39, 0.29) is 47.9 Å². The van der Waals surface area contributed by atoms with Crippen molar-refractivity contribution in [2.24, 2.45) is 0 Å². The van der Waals surface area contributed by atoms with Crippen molar-refractivity contribution in [3.05, 3.63) is 53.1 Å². The number of rotatable bonds is 7. The molecule has 34 heavy (non-hydrogen) atoms. The van der Waals surface area contributed by atoms with Crippen LogP contribution in [0.15, 0.2) is 36.4 Å². The number of carbonyl (C=O) groups excluding carboxylic acids is 4. The molecule has 1 saturated heterocycles. The van der Waals surface area contributed by atoms with Gasteiger partial charge in [-0.25, -0.2) is 9.59 Å². The van der Waals surface area contributed by atoms with E-state index in [0.29, 0.717) is 11.3 Å². The van der Waals surface area contributed by atoms with E-state index in [4.69, 9.17) is 18.9 Å². The first-order chi connectivity index (χ1) is 16.4. The largest absolute Gasteiger partial charge is 0.493 e. The fraction of sp³-hybridized carbons (Fsp3) is 0.333. The van der Waals surface area contributed by atoms with Gasteiger partial charge in [-0.05, 0) is 37.6 Å². The van der Waals surface area contributed by atoms with E-state index < -0.39 is 30.1 Å². The Hall–Kier alpha value is -4.08. The molecule has 2 aliphatic heterocycles. The van der Waals surface area contributed by atoms with Crippen LogP contribution >= 0.6 is 0 Å². The predicted molar refractivity (Wildman–Crippen MR) is 119 cm³/mol. The Kier molecular flexibility index (Phi) is 6.40. The van der Waals surface area contributed by atoms with E-state index in [2.05, 4.69) is 5.32 Å². The van der Waals surface area contributed by atoms with Crippen molar-refractivity contribution < 1.29 is 38.1 Å². The summed E-state index contributed by atoms with van der Waals surface area (Å²) in [5.74, 6) is -1.55. The van der Waals surface area contributed by atoms with Gasteiger partial charge in [-0.1, -0.05) is 12.1 Å². The molecule has 1 N–H and O–H groups in total. The summed E-state index contributed by atoms with van der Waals surface area (Å²) < 4.78 is 21.2. The van der Waals surface area contributed by atoms with Crippen LogP contribution < -0.4 is 14.8 Å². The summed E-state index contributed by atoms with van der Waals surface area (Å²) in [5, 5.41) is 2.72. The first-order valence-corrected chi connectivity index (χ1v) is 10.7. The zero-order valence-corrected chi connectivity index (χ0v) is 19.0. The summed E-state index contributed by atoms with van der Waals surface area (Å²) in [4.78, 5) is 52.3. The summed E-state index contributed by atoms with van der Waals surface area (Å²) in [6.07, 6.45) is -0.759. The number of hydrogen-bond donors (Lipinski definition) is 1. The van der Waals surface area contributed by atoms with Crippen LogP contribution in [0.3, 0.4) is 0 Å². The van der Waals surface area contributed by atoms with Crippen LogP contribution in [-0.2, 0) is 19.1 Å². The number of esters is 2. The van der Waals surface area contributed by atoms with Crippen LogP contribution in [0.2, 0.25) is 0 Å². The van der Waals surface area contributed by atoms with Crippen LogP contribution in [0.1, 0.15) is 52.3 Å². The second kappa shape index (κ2) is 9.42. The highest BCUT2D eigenvalue weighted by molar-refractivity contribution is 6.05. The van der Waals surface area contributed by atoms with Gasteiger partial charge in [0.2, 0.25) is 18.0 Å². The van der Waals surface area contributed by atoms with Gasteiger partial charge < -0.3 is 24.3 Å². The van der Waals surface area contributed by atoms with Gasteiger partial charge in [0.05, 0.1) is 32.1 Å². The number of ether oxygens (including phenoxy) is 4. The minimum absolute atomic E-state index is 0.105. The molecule has 10 nitrogen and oxygen atoms in total. The van der Waals surface area contributed by atoms with Crippen molar-refractivity contribution in [3.8, 4) is 11.5 Å². The van der Waals surface area contributed by atoms with Crippen LogP contribution in [0, 0.1) is 0 Å². The van der Waals surface area contributed by atoms with E-state index in [0.717, 1.165) is 0 Å². The molecule has 2 atom stereocenters. The highest BCUT2D eigenvalue weighted by Crippen LogP contribution is 2.45. The Balaban J connectivity index is 1.64. The lowest BCUT2D eigenvalue weighted by molar-refractivity contribution is -0.144. The zero-order chi connectivity index (χ0) is 24.4. The number of benzene rings is 2. The Bertz CT molecular complexity index is 1160. The molecule has 1 fully saturated rings. The maximum absolute atomic E-state index is 13.2. The Morgan fingerprint density at radius 3 is 2.59 bits per heavy atom. The first-order valence-electron chi connectivity index (χ1n) is 10.7. The third-order valence-electron chi connectivity index (χ3n) is 5.76. The second-order valence-electron chi connectivity index (χ2n) is 7.63. The van der Waals surface area contributed by atoms with E-state index in [1.165, 1.54) is 19.1 Å². The fourth-order valence-electron chi connectivity index (χ4n) is 4.24. The van der Waals surface area contributed by atoms with E-state index in [9.17, 15) is 19.2 Å². The number of anilines is 1. The molecule has 2 aromatic rings. The standard InChI is InChI=1S/C24H24N2O8/c1-4-33-23(29)13-7-5-6-8-15(13)25-21(28)16-10-12-18(27)26(16)22-14-9-11-17(31-2)20(32-3)19(14)24(30)34-22/h5-9,11,16,22H,4,10,12H2,1-3H3,(H,25,28)/t16-,22+/m0/s1. The number of nitrogens with zero attached hydrogens (tertiary/aromatic N) is 1. The van der Waals surface area contributed by atoms with Gasteiger partial charge in [-0.2, -0.15) is 0 Å². The van der Waals surface area contributed by atoms with Gasteiger partial charge in [0, 0.05) is 12.0 Å². The summed E-state index contributed by atoms with van der Waals surface area (Å²) in [7, 11) is 2.84. The van der Waals surface area contributed by atoms with Gasteiger partial charge in [-0.15, -0.1) is 0 Å². The average molecular weight is 468 g/mol. The van der Waals surface area contributed by atoms with Gasteiger partial charge in [0.1, 0.15) is 11.6 Å². The number of cyclic esters (lactones) is 1. The molecule has 0 saturated carbocycles. The van der Waals surface area contributed by atoms with E-state index in [1.54, 1.807) is 43.3 Å². The number of hydrogen-bond acceptors (Lipinski definition) is 8. The number of methoxy groups -OCH3 is 2. The zero-order valence-electron chi connectivity index (χ0n) is 19.0. The van der Waals surface area contributed by atoms with E-state index in [1.807, 2.05) is 0 Å². The highest BCUT2D eigenvalue weighted by Gasteiger charge is 2.47. The summed E-state index contributed by atoms with van der Waals surface area (Å²) in [5.41, 5.74) is 1.02. The highest BCUT2D eigenvalue weighted by atomic mass is 16.6. The molecule has 2 aliphatic rings. The monoisotopic (exact) mass is 468 g/mol. The van der Waals surface area contributed by atoms with Gasteiger partial charge in [-0.3, -0.25) is 14.5 Å². The summed E-state index contributed by atoms with van der Waals surface area (Å²) in [6, 6.07) is 8.75. The maximum atomic E-state index is 13.2. The van der Waals surface area contributed by atoms with Crippen LogP contribution in [0.5, 0.6) is 11.5 Å². The molecule has 4 rings (SSSR count). The minimum Gasteiger partial charge on any atom is -0.493 e. The van der Waals surface area contributed by atoms with E-state index >= 15 is 0 Å². The quantitative estimate of drug-likeness (QED) is 0.616. The van der Waals surface area contributed by atoms with Crippen LogP contribution in [-0.4, -0.2) is 55.5 Å². The molecule has 2 amide bonds. The molecule has 178 valence electrons. The molecule has 10 heteroatoms. The maximum Gasteiger partial charge on any atom is 0.344 e.